The predicted octanol–water partition coefficient (Wildman–Crippen LogP) is 2.27. The maximum atomic E-state index is 13.5. The van der Waals surface area contributed by atoms with Gasteiger partial charge in [0.2, 0.25) is 0 Å². The second-order valence-corrected chi connectivity index (χ2v) is 3.27. The lowest BCUT2D eigenvalue weighted by Gasteiger charge is -1.97. The van der Waals surface area contributed by atoms with Gasteiger partial charge in [0.15, 0.2) is 0 Å². The molecule has 0 spiro atoms. The summed E-state index contributed by atoms with van der Waals surface area (Å²) in [4.78, 5) is 0. The first-order valence-corrected chi connectivity index (χ1v) is 4.69. The minimum absolute atomic E-state index is 0.252. The molecule has 1 aromatic heterocycles. The molecular weight excluding hydrogens is 193 g/mol. The average Bonchev–Trinajstić information content (AvgIpc) is 2.60. The zero-order valence-electron chi connectivity index (χ0n) is 8.66. The fourth-order valence-electron chi connectivity index (χ4n) is 1.50. The van der Waals surface area contributed by atoms with Crippen molar-refractivity contribution in [1.82, 2.24) is 9.78 Å². The van der Waals surface area contributed by atoms with Crippen molar-refractivity contribution in [2.24, 2.45) is 7.05 Å². The largest absolute Gasteiger partial charge is 0.373 e. The Hall–Kier alpha value is -1.84. The Labute approximate surface area is 87.5 Å². The Bertz CT molecular complexity index is 476. The molecule has 0 bridgehead atoms. The monoisotopic (exact) mass is 205 g/mol. The maximum absolute atomic E-state index is 13.5. The zero-order chi connectivity index (χ0) is 10.8. The van der Waals surface area contributed by atoms with Gasteiger partial charge in [-0.2, -0.15) is 5.10 Å². The molecular formula is C11H12FN3. The highest BCUT2D eigenvalue weighted by Crippen LogP contribution is 2.23. The molecule has 0 saturated carbocycles. The van der Waals surface area contributed by atoms with Crippen LogP contribution in [0, 0.1) is 5.82 Å². The summed E-state index contributed by atoms with van der Waals surface area (Å²) in [6.45, 7) is 0. The smallest absolute Gasteiger partial charge is 0.132 e. The number of anilines is 1. The van der Waals surface area contributed by atoms with Crippen LogP contribution in [0.3, 0.4) is 0 Å². The van der Waals surface area contributed by atoms with Gasteiger partial charge in [-0.15, -0.1) is 0 Å². The van der Waals surface area contributed by atoms with Crippen molar-refractivity contribution in [3.8, 4) is 11.3 Å². The minimum atomic E-state index is -0.252. The molecule has 2 rings (SSSR count). The number of halogens is 1. The van der Waals surface area contributed by atoms with E-state index in [1.54, 1.807) is 22.9 Å². The van der Waals surface area contributed by atoms with E-state index in [0.29, 0.717) is 11.3 Å². The van der Waals surface area contributed by atoms with Gasteiger partial charge < -0.3 is 5.32 Å². The molecule has 15 heavy (non-hydrogen) atoms. The van der Waals surface area contributed by atoms with Gasteiger partial charge in [0.05, 0.1) is 5.69 Å². The topological polar surface area (TPSA) is 29.9 Å². The molecule has 0 aliphatic heterocycles. The van der Waals surface area contributed by atoms with Gasteiger partial charge in [0, 0.05) is 25.7 Å². The summed E-state index contributed by atoms with van der Waals surface area (Å²) in [5.74, 6) is 0.603. The predicted molar refractivity (Wildman–Crippen MR) is 58.1 cm³/mol. The molecule has 0 saturated heterocycles. The molecule has 0 atom stereocenters. The summed E-state index contributed by atoms with van der Waals surface area (Å²) < 4.78 is 15.1. The van der Waals surface area contributed by atoms with Crippen LogP contribution in [-0.2, 0) is 7.05 Å². The van der Waals surface area contributed by atoms with E-state index in [1.165, 1.54) is 6.07 Å². The van der Waals surface area contributed by atoms with Crippen LogP contribution < -0.4 is 5.32 Å². The Balaban J connectivity index is 2.50. The van der Waals surface area contributed by atoms with Crippen LogP contribution >= 0.6 is 0 Å². The zero-order valence-corrected chi connectivity index (χ0v) is 8.66. The van der Waals surface area contributed by atoms with Crippen molar-refractivity contribution in [2.45, 2.75) is 0 Å². The van der Waals surface area contributed by atoms with Crippen LogP contribution in [0.1, 0.15) is 0 Å². The van der Waals surface area contributed by atoms with E-state index in [0.717, 1.165) is 5.82 Å². The van der Waals surface area contributed by atoms with Crippen molar-refractivity contribution >= 4 is 5.82 Å². The van der Waals surface area contributed by atoms with Gasteiger partial charge in [-0.05, 0) is 12.1 Å². The molecule has 2 aromatic rings. The van der Waals surface area contributed by atoms with Crippen LogP contribution in [0.15, 0.2) is 30.3 Å². The van der Waals surface area contributed by atoms with Crippen molar-refractivity contribution in [3.63, 3.8) is 0 Å². The Morgan fingerprint density at radius 2 is 2.07 bits per heavy atom. The van der Waals surface area contributed by atoms with Crippen LogP contribution in [0.25, 0.3) is 11.3 Å². The van der Waals surface area contributed by atoms with Crippen LogP contribution in [0.2, 0.25) is 0 Å². The third kappa shape index (κ3) is 1.70. The molecule has 1 N–H and O–H groups in total. The molecule has 0 aliphatic carbocycles. The fourth-order valence-corrected chi connectivity index (χ4v) is 1.50. The number of hydrogen-bond donors (Lipinski definition) is 1. The second-order valence-electron chi connectivity index (χ2n) is 3.27. The lowest BCUT2D eigenvalue weighted by atomic mass is 10.1. The molecule has 1 aromatic carbocycles. The average molecular weight is 205 g/mol. The number of hydrogen-bond acceptors (Lipinski definition) is 2. The normalized spacial score (nSPS) is 10.3. The summed E-state index contributed by atoms with van der Waals surface area (Å²) >= 11 is 0. The van der Waals surface area contributed by atoms with E-state index < -0.39 is 0 Å². The lowest BCUT2D eigenvalue weighted by molar-refractivity contribution is 0.630. The van der Waals surface area contributed by atoms with Gasteiger partial charge >= 0.3 is 0 Å². The molecule has 78 valence electrons. The van der Waals surface area contributed by atoms with Crippen molar-refractivity contribution in [1.29, 1.82) is 0 Å². The number of benzene rings is 1. The quantitative estimate of drug-likeness (QED) is 0.815. The lowest BCUT2D eigenvalue weighted by Crippen LogP contribution is -1.97. The van der Waals surface area contributed by atoms with Gasteiger partial charge in [0.1, 0.15) is 11.6 Å². The van der Waals surface area contributed by atoms with E-state index in [1.807, 2.05) is 20.2 Å². The summed E-state index contributed by atoms with van der Waals surface area (Å²) in [5.41, 5.74) is 1.16. The first kappa shape index (κ1) is 9.71. The van der Waals surface area contributed by atoms with Crippen molar-refractivity contribution < 1.29 is 4.39 Å². The molecule has 3 nitrogen and oxygen atoms in total. The minimum Gasteiger partial charge on any atom is -0.373 e. The van der Waals surface area contributed by atoms with E-state index in [-0.39, 0.29) is 5.82 Å². The number of aromatic nitrogens is 2. The Morgan fingerprint density at radius 3 is 2.67 bits per heavy atom. The fraction of sp³-hybridized carbons (Fsp3) is 0.182. The molecule has 0 fully saturated rings. The van der Waals surface area contributed by atoms with E-state index in [4.69, 9.17) is 0 Å². The third-order valence-electron chi connectivity index (χ3n) is 2.29. The van der Waals surface area contributed by atoms with Crippen molar-refractivity contribution in [2.75, 3.05) is 12.4 Å². The first-order valence-electron chi connectivity index (χ1n) is 4.69. The molecule has 1 heterocycles. The first-order chi connectivity index (χ1) is 7.22. The number of nitrogens with zero attached hydrogens (tertiary/aromatic N) is 2. The standard InChI is InChI=1S/C11H12FN3/c1-13-11-7-10(14-15(11)2)8-5-3-4-6-9(8)12/h3-7,13H,1-2H3. The molecule has 0 radical (unpaired) electrons. The molecule has 4 heteroatoms. The van der Waals surface area contributed by atoms with Crippen LogP contribution in [0.4, 0.5) is 10.2 Å². The summed E-state index contributed by atoms with van der Waals surface area (Å²) in [7, 11) is 3.62. The van der Waals surface area contributed by atoms with E-state index >= 15 is 0 Å². The van der Waals surface area contributed by atoms with Gasteiger partial charge in [0.25, 0.3) is 0 Å². The molecule has 0 unspecified atom stereocenters. The summed E-state index contributed by atoms with van der Waals surface area (Å²) in [5, 5.41) is 7.21. The molecule has 0 aliphatic rings. The van der Waals surface area contributed by atoms with Gasteiger partial charge in [-0.25, -0.2) is 4.39 Å². The summed E-state index contributed by atoms with van der Waals surface area (Å²) in [6.07, 6.45) is 0. The SMILES string of the molecule is CNc1cc(-c2ccccc2F)nn1C. The number of aryl methyl sites for hydroxylation is 1. The molecule has 0 amide bonds. The third-order valence-corrected chi connectivity index (χ3v) is 2.29. The highest BCUT2D eigenvalue weighted by molar-refractivity contribution is 5.63. The van der Waals surface area contributed by atoms with E-state index in [2.05, 4.69) is 10.4 Å². The van der Waals surface area contributed by atoms with E-state index in [9.17, 15) is 4.39 Å². The van der Waals surface area contributed by atoms with Crippen LogP contribution in [0.5, 0.6) is 0 Å². The van der Waals surface area contributed by atoms with Crippen LogP contribution in [-0.4, -0.2) is 16.8 Å². The Morgan fingerprint density at radius 1 is 1.33 bits per heavy atom. The van der Waals surface area contributed by atoms with Crippen molar-refractivity contribution in [3.05, 3.63) is 36.1 Å². The van der Waals surface area contributed by atoms with Gasteiger partial charge in [-0.3, -0.25) is 4.68 Å². The summed E-state index contributed by atoms with van der Waals surface area (Å²) in [6, 6.07) is 8.44. The number of rotatable bonds is 2. The number of nitrogens with one attached hydrogen (secondary N) is 1. The maximum Gasteiger partial charge on any atom is 0.132 e. The highest BCUT2D eigenvalue weighted by atomic mass is 19.1. The van der Waals surface area contributed by atoms with Gasteiger partial charge in [-0.1, -0.05) is 12.1 Å². The highest BCUT2D eigenvalue weighted by Gasteiger charge is 2.09. The second kappa shape index (κ2) is 3.73. The Kier molecular flexibility index (Phi) is 2.41.